The molecule has 0 saturated carbocycles. The molecule has 0 radical (unpaired) electrons. The molecule has 0 aliphatic carbocycles. The molecule has 1 saturated heterocycles. The van der Waals surface area contributed by atoms with E-state index in [2.05, 4.69) is 47.2 Å². The molecule has 1 aliphatic heterocycles. The second kappa shape index (κ2) is 7.87. The van der Waals surface area contributed by atoms with Crippen LogP contribution in [0.3, 0.4) is 0 Å². The van der Waals surface area contributed by atoms with Crippen LogP contribution in [0, 0.1) is 13.8 Å². The van der Waals surface area contributed by atoms with Crippen molar-refractivity contribution in [3.05, 3.63) is 59.2 Å². The maximum Gasteiger partial charge on any atom is 0.173 e. The Kier molecular flexibility index (Phi) is 5.57. The van der Waals surface area contributed by atoms with Crippen molar-refractivity contribution in [3.63, 3.8) is 0 Å². The van der Waals surface area contributed by atoms with Gasteiger partial charge in [-0.3, -0.25) is 4.79 Å². The SMILES string of the molecule is CC(=O)c1ccc(N2CCN(C(=S)Nc3ccc(C)c(C)c3)CC2)cc1. The zero-order chi connectivity index (χ0) is 18.7. The Bertz CT molecular complexity index is 809. The summed E-state index contributed by atoms with van der Waals surface area (Å²) in [4.78, 5) is 15.9. The summed E-state index contributed by atoms with van der Waals surface area (Å²) in [5.74, 6) is 0.101. The highest BCUT2D eigenvalue weighted by Gasteiger charge is 2.19. The van der Waals surface area contributed by atoms with Crippen molar-refractivity contribution in [2.75, 3.05) is 36.4 Å². The zero-order valence-corrected chi connectivity index (χ0v) is 16.4. The van der Waals surface area contributed by atoms with Gasteiger partial charge in [-0.1, -0.05) is 6.07 Å². The molecule has 136 valence electrons. The fourth-order valence-corrected chi connectivity index (χ4v) is 3.40. The van der Waals surface area contributed by atoms with Crippen LogP contribution < -0.4 is 10.2 Å². The highest BCUT2D eigenvalue weighted by molar-refractivity contribution is 7.80. The topological polar surface area (TPSA) is 35.6 Å². The highest BCUT2D eigenvalue weighted by atomic mass is 32.1. The molecule has 0 aromatic heterocycles. The molecule has 5 heteroatoms. The van der Waals surface area contributed by atoms with Crippen molar-refractivity contribution in [1.29, 1.82) is 0 Å². The summed E-state index contributed by atoms with van der Waals surface area (Å²) in [6.45, 7) is 9.40. The molecule has 4 nitrogen and oxygen atoms in total. The first kappa shape index (κ1) is 18.4. The Morgan fingerprint density at radius 3 is 2.19 bits per heavy atom. The van der Waals surface area contributed by atoms with E-state index < -0.39 is 0 Å². The van der Waals surface area contributed by atoms with Gasteiger partial charge in [-0.05, 0) is 80.5 Å². The summed E-state index contributed by atoms with van der Waals surface area (Å²) in [7, 11) is 0. The number of carbonyl (C=O) groups is 1. The van der Waals surface area contributed by atoms with Crippen molar-refractivity contribution in [3.8, 4) is 0 Å². The van der Waals surface area contributed by atoms with Gasteiger partial charge in [0.2, 0.25) is 0 Å². The van der Waals surface area contributed by atoms with Crippen LogP contribution in [0.5, 0.6) is 0 Å². The lowest BCUT2D eigenvalue weighted by atomic mass is 10.1. The molecule has 26 heavy (non-hydrogen) atoms. The number of hydrogen-bond acceptors (Lipinski definition) is 3. The van der Waals surface area contributed by atoms with Crippen molar-refractivity contribution < 1.29 is 4.79 Å². The number of thiocarbonyl (C=S) groups is 1. The number of benzene rings is 2. The normalized spacial score (nSPS) is 14.3. The lowest BCUT2D eigenvalue weighted by molar-refractivity contribution is 0.101. The van der Waals surface area contributed by atoms with Crippen LogP contribution >= 0.6 is 12.2 Å². The van der Waals surface area contributed by atoms with Gasteiger partial charge in [0.25, 0.3) is 0 Å². The summed E-state index contributed by atoms with van der Waals surface area (Å²) in [5.41, 5.74) is 5.50. The van der Waals surface area contributed by atoms with Crippen LogP contribution in [0.25, 0.3) is 0 Å². The molecule has 0 spiro atoms. The van der Waals surface area contributed by atoms with Crippen LogP contribution in [0.4, 0.5) is 11.4 Å². The number of piperazine rings is 1. The van der Waals surface area contributed by atoms with E-state index in [4.69, 9.17) is 12.2 Å². The molecule has 0 bridgehead atoms. The Balaban J connectivity index is 1.56. The highest BCUT2D eigenvalue weighted by Crippen LogP contribution is 2.19. The molecule has 1 N–H and O–H groups in total. The quantitative estimate of drug-likeness (QED) is 0.655. The molecular weight excluding hydrogens is 342 g/mol. The van der Waals surface area contributed by atoms with E-state index in [0.29, 0.717) is 0 Å². The summed E-state index contributed by atoms with van der Waals surface area (Å²) < 4.78 is 0. The van der Waals surface area contributed by atoms with E-state index in [-0.39, 0.29) is 5.78 Å². The first-order valence-corrected chi connectivity index (χ1v) is 9.34. The molecule has 0 atom stereocenters. The van der Waals surface area contributed by atoms with Crippen molar-refractivity contribution >= 4 is 34.5 Å². The van der Waals surface area contributed by atoms with Gasteiger partial charge in [0.1, 0.15) is 0 Å². The van der Waals surface area contributed by atoms with E-state index >= 15 is 0 Å². The van der Waals surface area contributed by atoms with Crippen LogP contribution in [0.15, 0.2) is 42.5 Å². The van der Waals surface area contributed by atoms with E-state index in [1.165, 1.54) is 11.1 Å². The number of anilines is 2. The van der Waals surface area contributed by atoms with Gasteiger partial charge >= 0.3 is 0 Å². The number of rotatable bonds is 3. The first-order valence-electron chi connectivity index (χ1n) is 8.93. The number of nitrogens with zero attached hydrogens (tertiary/aromatic N) is 2. The van der Waals surface area contributed by atoms with Crippen molar-refractivity contribution in [2.45, 2.75) is 20.8 Å². The summed E-state index contributed by atoms with van der Waals surface area (Å²) >= 11 is 5.59. The number of nitrogens with one attached hydrogen (secondary N) is 1. The minimum atomic E-state index is 0.101. The third-order valence-electron chi connectivity index (χ3n) is 4.96. The summed E-state index contributed by atoms with van der Waals surface area (Å²) in [6.07, 6.45) is 0. The number of ketones is 1. The Morgan fingerprint density at radius 2 is 1.62 bits per heavy atom. The fourth-order valence-electron chi connectivity index (χ4n) is 3.10. The molecule has 3 rings (SSSR count). The molecule has 2 aromatic rings. The number of hydrogen-bond donors (Lipinski definition) is 1. The van der Waals surface area contributed by atoms with Gasteiger partial charge in [0.05, 0.1) is 0 Å². The van der Waals surface area contributed by atoms with Gasteiger partial charge in [-0.2, -0.15) is 0 Å². The molecule has 1 aliphatic rings. The van der Waals surface area contributed by atoms with Crippen molar-refractivity contribution in [2.24, 2.45) is 0 Å². The van der Waals surface area contributed by atoms with E-state index in [9.17, 15) is 4.79 Å². The maximum atomic E-state index is 11.4. The number of Topliss-reactive ketones (excluding diaryl/α,β-unsaturated/α-hetero) is 1. The number of carbonyl (C=O) groups excluding carboxylic acids is 1. The smallest absolute Gasteiger partial charge is 0.173 e. The standard InChI is InChI=1S/C21H25N3OS/c1-15-4-7-19(14-16(15)2)22-21(26)24-12-10-23(11-13-24)20-8-5-18(6-9-20)17(3)25/h4-9,14H,10-13H2,1-3H3,(H,22,26). The lowest BCUT2D eigenvalue weighted by Crippen LogP contribution is -2.50. The lowest BCUT2D eigenvalue weighted by Gasteiger charge is -2.37. The van der Waals surface area contributed by atoms with Gasteiger partial charge in [-0.15, -0.1) is 0 Å². The minimum absolute atomic E-state index is 0.101. The molecule has 1 heterocycles. The molecule has 2 aromatic carbocycles. The predicted molar refractivity (Wildman–Crippen MR) is 112 cm³/mol. The minimum Gasteiger partial charge on any atom is -0.368 e. The average Bonchev–Trinajstić information content (AvgIpc) is 2.65. The fraction of sp³-hybridized carbons (Fsp3) is 0.333. The van der Waals surface area contributed by atoms with E-state index in [0.717, 1.165) is 48.2 Å². The van der Waals surface area contributed by atoms with E-state index in [1.807, 2.05) is 24.3 Å². The third-order valence-corrected chi connectivity index (χ3v) is 5.32. The average molecular weight is 368 g/mol. The monoisotopic (exact) mass is 367 g/mol. The second-order valence-electron chi connectivity index (χ2n) is 6.81. The Morgan fingerprint density at radius 1 is 0.962 bits per heavy atom. The summed E-state index contributed by atoms with van der Waals surface area (Å²) in [6, 6.07) is 14.2. The van der Waals surface area contributed by atoms with Gasteiger partial charge in [0.15, 0.2) is 10.9 Å². The van der Waals surface area contributed by atoms with Crippen molar-refractivity contribution in [1.82, 2.24) is 4.90 Å². The number of aryl methyl sites for hydroxylation is 2. The van der Waals surface area contributed by atoms with Gasteiger partial charge < -0.3 is 15.1 Å². The third kappa shape index (κ3) is 4.22. The van der Waals surface area contributed by atoms with Crippen LogP contribution in [-0.4, -0.2) is 42.0 Å². The zero-order valence-electron chi connectivity index (χ0n) is 15.6. The molecule has 1 fully saturated rings. The van der Waals surface area contributed by atoms with Crippen LogP contribution in [0.2, 0.25) is 0 Å². The summed E-state index contributed by atoms with van der Waals surface area (Å²) in [5, 5.41) is 4.13. The Hall–Kier alpha value is -2.40. The molecule has 0 amide bonds. The molecule has 0 unspecified atom stereocenters. The molecular formula is C21H25N3OS. The largest absolute Gasteiger partial charge is 0.368 e. The van der Waals surface area contributed by atoms with Gasteiger partial charge in [0, 0.05) is 43.1 Å². The maximum absolute atomic E-state index is 11.4. The Labute approximate surface area is 160 Å². The van der Waals surface area contributed by atoms with Gasteiger partial charge in [-0.25, -0.2) is 0 Å². The predicted octanol–water partition coefficient (Wildman–Crippen LogP) is 4.03. The van der Waals surface area contributed by atoms with Crippen LogP contribution in [0.1, 0.15) is 28.4 Å². The van der Waals surface area contributed by atoms with Crippen LogP contribution in [-0.2, 0) is 0 Å². The first-order chi connectivity index (χ1) is 12.4. The second-order valence-corrected chi connectivity index (χ2v) is 7.19. The van der Waals surface area contributed by atoms with E-state index in [1.54, 1.807) is 6.92 Å².